The van der Waals surface area contributed by atoms with E-state index in [9.17, 15) is 19.2 Å². The van der Waals surface area contributed by atoms with Gasteiger partial charge in [-0.25, -0.2) is 24.2 Å². The zero-order chi connectivity index (χ0) is 33.2. The predicted molar refractivity (Wildman–Crippen MR) is 171 cm³/mol. The average Bonchev–Trinajstić information content (AvgIpc) is 3.26. The summed E-state index contributed by atoms with van der Waals surface area (Å²) in [6, 6.07) is -1.31. The molecule has 0 radical (unpaired) electrons. The third-order valence-corrected chi connectivity index (χ3v) is 6.93. The molecule has 2 bridgehead atoms. The first-order valence-corrected chi connectivity index (χ1v) is 16.1. The zero-order valence-corrected chi connectivity index (χ0v) is 29.3. The molecule has 0 aromatic carbocycles. The highest BCUT2D eigenvalue weighted by Crippen LogP contribution is 2.23. The monoisotopic (exact) mass is 694 g/mol. The molecule has 12 heteroatoms. The van der Waals surface area contributed by atoms with E-state index in [2.05, 4.69) is 32.8 Å². The minimum absolute atomic E-state index is 0.0863. The molecule has 0 saturated carbocycles. The van der Waals surface area contributed by atoms with Crippen molar-refractivity contribution >= 4 is 51.4 Å². The molecule has 3 atom stereocenters. The minimum Gasteiger partial charge on any atom is -0.461 e. The van der Waals surface area contributed by atoms with Gasteiger partial charge < -0.3 is 18.9 Å². The number of carbonyl (C=O) groups is 4. The molecule has 1 aliphatic rings. The number of ether oxygens (including phenoxy) is 4. The molecule has 0 unspecified atom stereocenters. The number of rotatable bonds is 2. The van der Waals surface area contributed by atoms with Gasteiger partial charge in [-0.2, -0.15) is 4.90 Å². The molecule has 0 fully saturated rings. The van der Waals surface area contributed by atoms with Gasteiger partial charge in [-0.15, -0.1) is 11.3 Å². The number of halogens is 1. The Morgan fingerprint density at radius 3 is 2.27 bits per heavy atom. The third-order valence-electron chi connectivity index (χ3n) is 5.74. The molecule has 1 aliphatic heterocycles. The van der Waals surface area contributed by atoms with Gasteiger partial charge in [-0.3, -0.25) is 0 Å². The Balaban J connectivity index is 2.50. The van der Waals surface area contributed by atoms with Crippen molar-refractivity contribution in [2.24, 2.45) is 0 Å². The SMILES string of the molecule is C/C(Br)=C\[C@@H]1Cc2nc(cs2)CCC[C@H](N(C(=O)OC(C)(C)C)C(=O)OC(C)(C)C)C(=O)O[C@@H](C)C/C(C)=C/C#CC(=O)O1. The Hall–Kier alpha value is -3.17. The number of aromatic nitrogens is 1. The van der Waals surface area contributed by atoms with E-state index in [-0.39, 0.29) is 6.42 Å². The van der Waals surface area contributed by atoms with E-state index in [4.69, 9.17) is 18.9 Å². The molecule has 0 saturated heterocycles. The minimum atomic E-state index is -1.31. The van der Waals surface area contributed by atoms with E-state index in [1.165, 1.54) is 11.3 Å². The van der Waals surface area contributed by atoms with Crippen LogP contribution in [0.4, 0.5) is 9.59 Å². The normalized spacial score (nSPS) is 22.4. The molecule has 0 N–H and O–H groups in total. The van der Waals surface area contributed by atoms with Crippen molar-refractivity contribution in [3.05, 3.63) is 38.3 Å². The van der Waals surface area contributed by atoms with Gasteiger partial charge in [-0.05, 0) is 98.2 Å². The highest BCUT2D eigenvalue weighted by Gasteiger charge is 2.41. The van der Waals surface area contributed by atoms with E-state index in [1.807, 2.05) is 12.3 Å². The second-order valence-corrected chi connectivity index (χ2v) is 14.8. The van der Waals surface area contributed by atoms with Crippen LogP contribution in [0.5, 0.6) is 0 Å². The number of hydrogen-bond acceptors (Lipinski definition) is 10. The first-order valence-electron chi connectivity index (χ1n) is 14.4. The maximum absolute atomic E-state index is 13.6. The van der Waals surface area contributed by atoms with Gasteiger partial charge in [0.25, 0.3) is 0 Å². The number of imide groups is 1. The quantitative estimate of drug-likeness (QED) is 0.139. The van der Waals surface area contributed by atoms with Crippen LogP contribution >= 0.6 is 27.3 Å². The van der Waals surface area contributed by atoms with Crippen LogP contribution in [0.25, 0.3) is 0 Å². The molecule has 1 aromatic rings. The Morgan fingerprint density at radius 2 is 1.70 bits per heavy atom. The Labute approximate surface area is 272 Å². The number of nitrogens with zero attached hydrogens (tertiary/aromatic N) is 2. The lowest BCUT2D eigenvalue weighted by Crippen LogP contribution is -2.52. The number of allylic oxidation sites excluding steroid dienone is 2. The smallest absolute Gasteiger partial charge is 0.420 e. The lowest BCUT2D eigenvalue weighted by molar-refractivity contribution is -0.154. The van der Waals surface area contributed by atoms with Gasteiger partial charge in [0.2, 0.25) is 0 Å². The van der Waals surface area contributed by atoms with Gasteiger partial charge in [0.05, 0.1) is 10.7 Å². The average molecular weight is 696 g/mol. The number of esters is 2. The molecule has 0 aliphatic carbocycles. The van der Waals surface area contributed by atoms with Crippen LogP contribution in [-0.4, -0.2) is 63.5 Å². The number of hydrogen-bond donors (Lipinski definition) is 0. The summed E-state index contributed by atoms with van der Waals surface area (Å²) >= 11 is 4.82. The van der Waals surface area contributed by atoms with Crippen molar-refractivity contribution in [2.75, 3.05) is 0 Å². The van der Waals surface area contributed by atoms with Crippen LogP contribution in [0.15, 0.2) is 27.6 Å². The molecule has 1 aromatic heterocycles. The summed E-state index contributed by atoms with van der Waals surface area (Å²) < 4.78 is 23.2. The molecule has 2 rings (SSSR count). The highest BCUT2D eigenvalue weighted by atomic mass is 79.9. The van der Waals surface area contributed by atoms with Crippen molar-refractivity contribution in [3.63, 3.8) is 0 Å². The summed E-state index contributed by atoms with van der Waals surface area (Å²) in [5.41, 5.74) is -0.365. The maximum atomic E-state index is 13.6. The van der Waals surface area contributed by atoms with Gasteiger partial charge in [0.15, 0.2) is 0 Å². The lowest BCUT2D eigenvalue weighted by atomic mass is 10.1. The summed E-state index contributed by atoms with van der Waals surface area (Å²) in [5.74, 6) is 3.73. The van der Waals surface area contributed by atoms with Crippen molar-refractivity contribution in [2.45, 2.75) is 124 Å². The summed E-state index contributed by atoms with van der Waals surface area (Å²) in [4.78, 5) is 58.2. The third kappa shape index (κ3) is 13.6. The standard InChI is InChI=1S/C32H43BrN2O8S/c1-20-12-10-15-27(36)41-24(17-21(2)33)18-26-34-23(19-44-26)13-11-14-25(28(37)40-22(3)16-20)35(29(38)42-31(4,5)6)30(39)43-32(7,8)9/h12,17,19,22,24-25H,11,13-14,16,18H2,1-9H3/b20-12+,21-17+/t22-,24+,25-/m0/s1. The predicted octanol–water partition coefficient (Wildman–Crippen LogP) is 7.04. The molecule has 0 spiro atoms. The van der Waals surface area contributed by atoms with Crippen LogP contribution < -0.4 is 0 Å². The Morgan fingerprint density at radius 1 is 1.09 bits per heavy atom. The first kappa shape index (κ1) is 37.0. The molecule has 242 valence electrons. The number of amides is 2. The van der Waals surface area contributed by atoms with Gasteiger partial charge in [-0.1, -0.05) is 27.4 Å². The second kappa shape index (κ2) is 16.2. The first-order chi connectivity index (χ1) is 20.3. The van der Waals surface area contributed by atoms with Crippen molar-refractivity contribution < 1.29 is 38.1 Å². The fourth-order valence-electron chi connectivity index (χ4n) is 4.12. The van der Waals surface area contributed by atoms with Crippen molar-refractivity contribution in [1.29, 1.82) is 0 Å². The van der Waals surface area contributed by atoms with E-state index >= 15 is 0 Å². The highest BCUT2D eigenvalue weighted by molar-refractivity contribution is 9.11. The summed E-state index contributed by atoms with van der Waals surface area (Å²) in [7, 11) is 0. The number of cyclic esters (lactones) is 2. The molecule has 2 amide bonds. The summed E-state index contributed by atoms with van der Waals surface area (Å²) in [6.45, 7) is 15.3. The van der Waals surface area contributed by atoms with Crippen molar-refractivity contribution in [1.82, 2.24) is 9.88 Å². The summed E-state index contributed by atoms with van der Waals surface area (Å²) in [6.07, 6.45) is 1.71. The fraction of sp³-hybridized carbons (Fsp3) is 0.594. The fourth-order valence-corrected chi connectivity index (χ4v) is 5.28. The van der Waals surface area contributed by atoms with Crippen LogP contribution in [0.2, 0.25) is 0 Å². The molecular weight excluding hydrogens is 652 g/mol. The number of thiazole rings is 1. The lowest BCUT2D eigenvalue weighted by Gasteiger charge is -2.33. The van der Waals surface area contributed by atoms with E-state index in [1.54, 1.807) is 67.5 Å². The molecule has 10 nitrogen and oxygen atoms in total. The van der Waals surface area contributed by atoms with E-state index in [0.717, 1.165) is 25.7 Å². The molecular formula is C32H43BrN2O8S. The topological polar surface area (TPSA) is 121 Å². The van der Waals surface area contributed by atoms with Crippen LogP contribution in [-0.2, 0) is 41.4 Å². The van der Waals surface area contributed by atoms with Crippen LogP contribution in [0.3, 0.4) is 0 Å². The van der Waals surface area contributed by atoms with Gasteiger partial charge >= 0.3 is 24.1 Å². The second-order valence-electron chi connectivity index (χ2n) is 12.6. The van der Waals surface area contributed by atoms with E-state index in [0.29, 0.717) is 25.7 Å². The Bertz CT molecular complexity index is 1290. The van der Waals surface area contributed by atoms with Gasteiger partial charge in [0, 0.05) is 24.1 Å². The van der Waals surface area contributed by atoms with Crippen LogP contribution in [0.1, 0.15) is 92.3 Å². The summed E-state index contributed by atoms with van der Waals surface area (Å²) in [5, 5.41) is 2.64. The number of fused-ring (bicyclic) bond motifs is 2. The van der Waals surface area contributed by atoms with Crippen LogP contribution in [0, 0.1) is 11.8 Å². The zero-order valence-electron chi connectivity index (χ0n) is 26.9. The molecule has 44 heavy (non-hydrogen) atoms. The van der Waals surface area contributed by atoms with Gasteiger partial charge in [0.1, 0.15) is 29.5 Å². The van der Waals surface area contributed by atoms with E-state index < -0.39 is 53.6 Å². The van der Waals surface area contributed by atoms with Crippen molar-refractivity contribution in [3.8, 4) is 11.8 Å². The number of aryl methyl sites for hydroxylation is 1. The maximum Gasteiger partial charge on any atom is 0.420 e. The molecule has 2 heterocycles. The number of carbonyl (C=O) groups excluding carboxylic acids is 4. The largest absolute Gasteiger partial charge is 0.461 e. The Kier molecular flexibility index (Phi) is 13.7.